The molecule has 0 spiro atoms. The Balaban J connectivity index is 1.81. The fraction of sp³-hybridized carbons (Fsp3) is 0.857. The minimum absolute atomic E-state index is 0.00461. The van der Waals surface area contributed by atoms with Gasteiger partial charge in [-0.3, -0.25) is 9.69 Å². The molecule has 0 aromatic rings. The molecule has 0 aromatic carbocycles. The van der Waals surface area contributed by atoms with Crippen molar-refractivity contribution in [2.75, 3.05) is 32.8 Å². The summed E-state index contributed by atoms with van der Waals surface area (Å²) in [7, 11) is 0. The third-order valence-corrected chi connectivity index (χ3v) is 3.98. The van der Waals surface area contributed by atoms with E-state index >= 15 is 0 Å². The second-order valence-electron chi connectivity index (χ2n) is 5.30. The molecule has 19 heavy (non-hydrogen) atoms. The molecule has 0 aromatic heterocycles. The van der Waals surface area contributed by atoms with Crippen LogP contribution in [0.2, 0.25) is 0 Å². The van der Waals surface area contributed by atoms with E-state index in [1.165, 1.54) is 0 Å². The van der Waals surface area contributed by atoms with E-state index in [2.05, 4.69) is 17.9 Å². The Hall–Kier alpha value is -1.12. The van der Waals surface area contributed by atoms with Crippen molar-refractivity contribution in [1.29, 1.82) is 5.26 Å². The van der Waals surface area contributed by atoms with Gasteiger partial charge in [0.15, 0.2) is 0 Å². The van der Waals surface area contributed by atoms with Crippen LogP contribution in [0.5, 0.6) is 0 Å². The molecule has 0 saturated carbocycles. The molecular weight excluding hydrogens is 242 g/mol. The number of carbonyl (C=O) groups excluding carboxylic acids is 1. The molecule has 2 heterocycles. The van der Waals surface area contributed by atoms with Gasteiger partial charge in [-0.25, -0.2) is 0 Å². The van der Waals surface area contributed by atoms with Crippen LogP contribution in [0.15, 0.2) is 0 Å². The topological polar surface area (TPSA) is 56.6 Å². The zero-order valence-corrected chi connectivity index (χ0v) is 11.7. The second kappa shape index (κ2) is 6.88. The van der Waals surface area contributed by atoms with Crippen molar-refractivity contribution in [3.8, 4) is 6.07 Å². The summed E-state index contributed by atoms with van der Waals surface area (Å²) in [5.74, 6) is 0.140. The van der Waals surface area contributed by atoms with E-state index in [0.717, 1.165) is 51.9 Å². The van der Waals surface area contributed by atoms with Crippen LogP contribution in [0.1, 0.15) is 32.6 Å². The molecule has 1 amide bonds. The lowest BCUT2D eigenvalue weighted by Crippen LogP contribution is -2.53. The number of nitrogens with zero attached hydrogens (tertiary/aromatic N) is 3. The molecule has 106 valence electrons. The lowest BCUT2D eigenvalue weighted by Gasteiger charge is -2.37. The molecule has 2 aliphatic rings. The normalized spacial score (nSPS) is 26.1. The summed E-state index contributed by atoms with van der Waals surface area (Å²) in [5, 5.41) is 9.16. The van der Waals surface area contributed by atoms with Crippen molar-refractivity contribution in [2.45, 2.75) is 44.8 Å². The number of carbonyl (C=O) groups is 1. The van der Waals surface area contributed by atoms with Gasteiger partial charge in [0, 0.05) is 32.8 Å². The minimum Gasteiger partial charge on any atom is -0.368 e. The van der Waals surface area contributed by atoms with Crippen LogP contribution in [0.3, 0.4) is 0 Å². The average Bonchev–Trinajstić information content (AvgIpc) is 2.98. The summed E-state index contributed by atoms with van der Waals surface area (Å²) in [6.07, 6.45) is 3.57. The number of hydrogen-bond donors (Lipinski definition) is 0. The van der Waals surface area contributed by atoms with E-state index in [0.29, 0.717) is 6.61 Å². The highest BCUT2D eigenvalue weighted by Gasteiger charge is 2.31. The van der Waals surface area contributed by atoms with Gasteiger partial charge in [0.2, 0.25) is 0 Å². The summed E-state index contributed by atoms with van der Waals surface area (Å²) in [5.41, 5.74) is 0. The first-order valence-electron chi connectivity index (χ1n) is 7.30. The number of rotatable bonds is 4. The first kappa shape index (κ1) is 14.3. The van der Waals surface area contributed by atoms with Gasteiger partial charge in [0.25, 0.3) is 5.91 Å². The van der Waals surface area contributed by atoms with Crippen LogP contribution in [-0.2, 0) is 9.53 Å². The van der Waals surface area contributed by atoms with Crippen LogP contribution in [0.25, 0.3) is 0 Å². The molecule has 2 unspecified atom stereocenters. The lowest BCUT2D eigenvalue weighted by molar-refractivity contribution is -0.142. The number of nitriles is 1. The van der Waals surface area contributed by atoms with E-state index in [-0.39, 0.29) is 18.1 Å². The van der Waals surface area contributed by atoms with Crippen LogP contribution < -0.4 is 0 Å². The van der Waals surface area contributed by atoms with E-state index < -0.39 is 0 Å². The van der Waals surface area contributed by atoms with Gasteiger partial charge in [0.1, 0.15) is 6.10 Å². The van der Waals surface area contributed by atoms with Gasteiger partial charge in [-0.05, 0) is 19.3 Å². The molecule has 0 bridgehead atoms. The highest BCUT2D eigenvalue weighted by molar-refractivity contribution is 5.81. The first-order valence-corrected chi connectivity index (χ1v) is 7.30. The molecule has 2 atom stereocenters. The first-order chi connectivity index (χ1) is 9.26. The summed E-state index contributed by atoms with van der Waals surface area (Å²) >= 11 is 0. The maximum atomic E-state index is 12.2. The molecule has 0 N–H and O–H groups in total. The minimum atomic E-state index is -0.214. The van der Waals surface area contributed by atoms with Crippen LogP contribution in [-0.4, -0.2) is 60.6 Å². The molecule has 0 radical (unpaired) electrons. The Morgan fingerprint density at radius 3 is 2.68 bits per heavy atom. The fourth-order valence-corrected chi connectivity index (χ4v) is 2.83. The molecule has 2 fully saturated rings. The number of amides is 1. The van der Waals surface area contributed by atoms with E-state index in [9.17, 15) is 4.79 Å². The van der Waals surface area contributed by atoms with Crippen LogP contribution in [0.4, 0.5) is 0 Å². The van der Waals surface area contributed by atoms with Gasteiger partial charge >= 0.3 is 0 Å². The maximum Gasteiger partial charge on any atom is 0.251 e. The quantitative estimate of drug-likeness (QED) is 0.761. The van der Waals surface area contributed by atoms with Crippen molar-refractivity contribution < 1.29 is 9.53 Å². The van der Waals surface area contributed by atoms with Gasteiger partial charge in [-0.1, -0.05) is 13.3 Å². The van der Waals surface area contributed by atoms with Crippen molar-refractivity contribution in [3.63, 3.8) is 0 Å². The van der Waals surface area contributed by atoms with E-state index in [1.807, 2.05) is 4.90 Å². The van der Waals surface area contributed by atoms with Crippen molar-refractivity contribution >= 4 is 5.91 Å². The zero-order chi connectivity index (χ0) is 13.7. The zero-order valence-electron chi connectivity index (χ0n) is 11.7. The monoisotopic (exact) mass is 265 g/mol. The molecule has 2 aliphatic heterocycles. The average molecular weight is 265 g/mol. The Morgan fingerprint density at radius 1 is 1.42 bits per heavy atom. The Kier molecular flexibility index (Phi) is 5.17. The highest BCUT2D eigenvalue weighted by Crippen LogP contribution is 2.17. The fourth-order valence-electron chi connectivity index (χ4n) is 2.83. The van der Waals surface area contributed by atoms with Crippen LogP contribution in [0, 0.1) is 11.3 Å². The summed E-state index contributed by atoms with van der Waals surface area (Å²) in [4.78, 5) is 16.3. The SMILES string of the molecule is CCCC(C#N)N1CCN(C(=O)C2CCCO2)CC1. The van der Waals surface area contributed by atoms with Gasteiger partial charge in [-0.15, -0.1) is 0 Å². The number of hydrogen-bond acceptors (Lipinski definition) is 4. The lowest BCUT2D eigenvalue weighted by atomic mass is 10.1. The molecule has 0 aliphatic carbocycles. The second-order valence-corrected chi connectivity index (χ2v) is 5.30. The molecule has 2 saturated heterocycles. The summed E-state index contributed by atoms with van der Waals surface area (Å²) in [6, 6.07) is 2.37. The van der Waals surface area contributed by atoms with Crippen LogP contribution >= 0.6 is 0 Å². The third-order valence-electron chi connectivity index (χ3n) is 3.98. The molecule has 5 nitrogen and oxygen atoms in total. The summed E-state index contributed by atoms with van der Waals surface area (Å²) < 4.78 is 5.44. The van der Waals surface area contributed by atoms with Crippen molar-refractivity contribution in [3.05, 3.63) is 0 Å². The van der Waals surface area contributed by atoms with Crippen molar-refractivity contribution in [1.82, 2.24) is 9.80 Å². The standard InChI is InChI=1S/C14H23N3O2/c1-2-4-12(11-15)16-6-8-17(9-7-16)14(18)13-5-3-10-19-13/h12-13H,2-10H2,1H3. The van der Waals surface area contributed by atoms with Gasteiger partial charge in [-0.2, -0.15) is 5.26 Å². The predicted octanol–water partition coefficient (Wildman–Crippen LogP) is 1.00. The smallest absolute Gasteiger partial charge is 0.251 e. The molecule has 5 heteroatoms. The van der Waals surface area contributed by atoms with Gasteiger partial charge in [0.05, 0.1) is 12.1 Å². The summed E-state index contributed by atoms with van der Waals surface area (Å²) in [6.45, 7) is 5.86. The third kappa shape index (κ3) is 3.46. The predicted molar refractivity (Wildman–Crippen MR) is 71.4 cm³/mol. The highest BCUT2D eigenvalue weighted by atomic mass is 16.5. The van der Waals surface area contributed by atoms with E-state index in [4.69, 9.17) is 10.00 Å². The molecular formula is C14H23N3O2. The largest absolute Gasteiger partial charge is 0.368 e. The molecule has 2 rings (SSSR count). The number of piperazine rings is 1. The Bertz CT molecular complexity index is 339. The Morgan fingerprint density at radius 2 is 2.16 bits per heavy atom. The Labute approximate surface area is 115 Å². The number of ether oxygens (including phenoxy) is 1. The van der Waals surface area contributed by atoms with Gasteiger partial charge < -0.3 is 9.64 Å². The van der Waals surface area contributed by atoms with Crippen molar-refractivity contribution in [2.24, 2.45) is 0 Å². The maximum absolute atomic E-state index is 12.2. The van der Waals surface area contributed by atoms with E-state index in [1.54, 1.807) is 0 Å².